The Morgan fingerprint density at radius 2 is 2.00 bits per heavy atom. The van der Waals surface area contributed by atoms with E-state index < -0.39 is 10.0 Å². The molecule has 1 aromatic heterocycles. The third kappa shape index (κ3) is 3.11. The highest BCUT2D eigenvalue weighted by molar-refractivity contribution is 7.89. The van der Waals surface area contributed by atoms with E-state index in [0.717, 1.165) is 16.8 Å². The summed E-state index contributed by atoms with van der Waals surface area (Å²) in [6.07, 6.45) is 1.83. The van der Waals surface area contributed by atoms with Crippen LogP contribution in [0.1, 0.15) is 29.7 Å². The zero-order valence-electron chi connectivity index (χ0n) is 14.3. The molecule has 2 heterocycles. The summed E-state index contributed by atoms with van der Waals surface area (Å²) in [4.78, 5) is 0.328. The summed E-state index contributed by atoms with van der Waals surface area (Å²) in [7, 11) is -1.69. The normalized spacial score (nSPS) is 18.5. The SMILES string of the molecule is CCOC[C@H]1CN(S(=O)(=O)c2ccc(C)cc2)Cc2c1cnn2C. The Bertz CT molecular complexity index is 812. The Balaban J connectivity index is 1.94. The number of aromatic nitrogens is 2. The number of hydrogen-bond donors (Lipinski definition) is 0. The van der Waals surface area contributed by atoms with Crippen LogP contribution >= 0.6 is 0 Å². The number of hydrogen-bond acceptors (Lipinski definition) is 4. The Labute approximate surface area is 143 Å². The Morgan fingerprint density at radius 1 is 1.29 bits per heavy atom. The predicted molar refractivity (Wildman–Crippen MR) is 91.2 cm³/mol. The van der Waals surface area contributed by atoms with E-state index in [2.05, 4.69) is 5.10 Å². The van der Waals surface area contributed by atoms with Crippen LogP contribution in [0.3, 0.4) is 0 Å². The highest BCUT2D eigenvalue weighted by Crippen LogP contribution is 2.31. The van der Waals surface area contributed by atoms with Crippen LogP contribution in [-0.4, -0.2) is 42.3 Å². The molecule has 0 saturated heterocycles. The molecule has 6 nitrogen and oxygen atoms in total. The van der Waals surface area contributed by atoms with Crippen molar-refractivity contribution in [3.05, 3.63) is 47.3 Å². The summed E-state index contributed by atoms with van der Waals surface area (Å²) < 4.78 is 34.9. The van der Waals surface area contributed by atoms with Gasteiger partial charge in [-0.1, -0.05) is 17.7 Å². The lowest BCUT2D eigenvalue weighted by Crippen LogP contribution is -2.40. The molecule has 0 amide bonds. The maximum absolute atomic E-state index is 13.0. The molecule has 1 aliphatic heterocycles. The minimum absolute atomic E-state index is 0.00243. The van der Waals surface area contributed by atoms with E-state index in [1.807, 2.05) is 39.2 Å². The molecule has 0 fully saturated rings. The molecule has 0 bridgehead atoms. The molecule has 0 radical (unpaired) electrons. The molecule has 24 heavy (non-hydrogen) atoms. The summed E-state index contributed by atoms with van der Waals surface area (Å²) in [6.45, 7) is 5.73. The van der Waals surface area contributed by atoms with E-state index in [0.29, 0.717) is 31.2 Å². The fraction of sp³-hybridized carbons (Fsp3) is 0.471. The van der Waals surface area contributed by atoms with Crippen LogP contribution in [0.25, 0.3) is 0 Å². The fourth-order valence-electron chi connectivity index (χ4n) is 3.04. The maximum Gasteiger partial charge on any atom is 0.243 e. The third-order valence-electron chi connectivity index (χ3n) is 4.47. The van der Waals surface area contributed by atoms with E-state index in [4.69, 9.17) is 4.74 Å². The lowest BCUT2D eigenvalue weighted by molar-refractivity contribution is 0.121. The first-order valence-electron chi connectivity index (χ1n) is 8.08. The van der Waals surface area contributed by atoms with Crippen LogP contribution in [0, 0.1) is 6.92 Å². The van der Waals surface area contributed by atoms with Gasteiger partial charge in [-0.3, -0.25) is 4.68 Å². The molecule has 1 atom stereocenters. The van der Waals surface area contributed by atoms with Gasteiger partial charge in [0, 0.05) is 31.7 Å². The standard InChI is InChI=1S/C17H23N3O3S/c1-4-23-12-14-10-20(11-17-16(14)9-18-19(17)3)24(21,22)15-7-5-13(2)6-8-15/h5-9,14H,4,10-12H2,1-3H3/t14-/m1/s1. The monoisotopic (exact) mass is 349 g/mol. The van der Waals surface area contributed by atoms with Gasteiger partial charge in [0.1, 0.15) is 0 Å². The van der Waals surface area contributed by atoms with Crippen molar-refractivity contribution in [2.75, 3.05) is 19.8 Å². The first-order valence-corrected chi connectivity index (χ1v) is 9.52. The molecule has 7 heteroatoms. The van der Waals surface area contributed by atoms with E-state index in [1.165, 1.54) is 4.31 Å². The Hall–Kier alpha value is -1.70. The van der Waals surface area contributed by atoms with Gasteiger partial charge in [-0.25, -0.2) is 8.42 Å². The summed E-state index contributed by atoms with van der Waals surface area (Å²) in [5.41, 5.74) is 3.05. The van der Waals surface area contributed by atoms with Crippen LogP contribution in [0.4, 0.5) is 0 Å². The molecule has 0 N–H and O–H groups in total. The number of ether oxygens (including phenoxy) is 1. The van der Waals surface area contributed by atoms with E-state index in [9.17, 15) is 8.42 Å². The third-order valence-corrected chi connectivity index (χ3v) is 6.29. The zero-order valence-corrected chi connectivity index (χ0v) is 15.1. The quantitative estimate of drug-likeness (QED) is 0.829. The number of fused-ring (bicyclic) bond motifs is 1. The van der Waals surface area contributed by atoms with Crippen molar-refractivity contribution in [3.63, 3.8) is 0 Å². The Morgan fingerprint density at radius 3 is 2.67 bits per heavy atom. The van der Waals surface area contributed by atoms with Gasteiger partial charge < -0.3 is 4.74 Å². The predicted octanol–water partition coefficient (Wildman–Crippen LogP) is 2.05. The molecule has 0 spiro atoms. The average Bonchev–Trinajstić information content (AvgIpc) is 2.94. The smallest absolute Gasteiger partial charge is 0.243 e. The number of rotatable bonds is 5. The second-order valence-corrected chi connectivity index (χ2v) is 8.08. The topological polar surface area (TPSA) is 64.4 Å². The van der Waals surface area contributed by atoms with Crippen molar-refractivity contribution in [3.8, 4) is 0 Å². The van der Waals surface area contributed by atoms with Gasteiger partial charge in [0.15, 0.2) is 0 Å². The lowest BCUT2D eigenvalue weighted by Gasteiger charge is -2.32. The second kappa shape index (κ2) is 6.66. The van der Waals surface area contributed by atoms with Gasteiger partial charge in [-0.15, -0.1) is 0 Å². The number of sulfonamides is 1. The number of nitrogens with zero attached hydrogens (tertiary/aromatic N) is 3. The molecular weight excluding hydrogens is 326 g/mol. The molecule has 1 aliphatic rings. The van der Waals surface area contributed by atoms with Gasteiger partial charge in [-0.2, -0.15) is 9.40 Å². The molecular formula is C17H23N3O3S. The van der Waals surface area contributed by atoms with Gasteiger partial charge in [0.25, 0.3) is 0 Å². The average molecular weight is 349 g/mol. The van der Waals surface area contributed by atoms with Gasteiger partial charge in [0.2, 0.25) is 10.0 Å². The molecule has 0 aliphatic carbocycles. The Kier molecular flexibility index (Phi) is 4.76. The van der Waals surface area contributed by atoms with Gasteiger partial charge in [-0.05, 0) is 26.0 Å². The van der Waals surface area contributed by atoms with Gasteiger partial charge >= 0.3 is 0 Å². The second-order valence-electron chi connectivity index (χ2n) is 6.14. The van der Waals surface area contributed by atoms with Crippen LogP contribution in [0.2, 0.25) is 0 Å². The van der Waals surface area contributed by atoms with Crippen molar-refractivity contribution in [2.24, 2.45) is 7.05 Å². The first kappa shape index (κ1) is 17.1. The zero-order chi connectivity index (χ0) is 17.3. The van der Waals surface area contributed by atoms with E-state index in [1.54, 1.807) is 16.8 Å². The minimum Gasteiger partial charge on any atom is -0.381 e. The number of aryl methyl sites for hydroxylation is 2. The van der Waals surface area contributed by atoms with Crippen LogP contribution in [0.15, 0.2) is 35.4 Å². The van der Waals surface area contributed by atoms with Crippen molar-refractivity contribution >= 4 is 10.0 Å². The van der Waals surface area contributed by atoms with Crippen LogP contribution < -0.4 is 0 Å². The van der Waals surface area contributed by atoms with Crippen LogP contribution in [-0.2, 0) is 28.4 Å². The molecule has 0 saturated carbocycles. The first-order chi connectivity index (χ1) is 11.4. The summed E-state index contributed by atoms with van der Waals surface area (Å²) in [5.74, 6) is 0.00243. The number of benzene rings is 1. The largest absolute Gasteiger partial charge is 0.381 e. The van der Waals surface area contributed by atoms with E-state index >= 15 is 0 Å². The van der Waals surface area contributed by atoms with E-state index in [-0.39, 0.29) is 5.92 Å². The minimum atomic E-state index is -3.54. The summed E-state index contributed by atoms with van der Waals surface area (Å²) in [5, 5.41) is 4.30. The van der Waals surface area contributed by atoms with Crippen molar-refractivity contribution in [1.82, 2.24) is 14.1 Å². The summed E-state index contributed by atoms with van der Waals surface area (Å²) in [6, 6.07) is 6.98. The highest BCUT2D eigenvalue weighted by Gasteiger charge is 2.35. The summed E-state index contributed by atoms with van der Waals surface area (Å²) >= 11 is 0. The van der Waals surface area contributed by atoms with Crippen molar-refractivity contribution in [2.45, 2.75) is 31.2 Å². The van der Waals surface area contributed by atoms with Gasteiger partial charge in [0.05, 0.1) is 29.9 Å². The van der Waals surface area contributed by atoms with Crippen molar-refractivity contribution < 1.29 is 13.2 Å². The lowest BCUT2D eigenvalue weighted by atomic mass is 9.97. The highest BCUT2D eigenvalue weighted by atomic mass is 32.2. The fourth-order valence-corrected chi connectivity index (χ4v) is 4.48. The maximum atomic E-state index is 13.0. The molecule has 130 valence electrons. The molecule has 0 unspecified atom stereocenters. The molecule has 1 aromatic carbocycles. The molecule has 2 aromatic rings. The molecule has 3 rings (SSSR count). The van der Waals surface area contributed by atoms with Crippen LogP contribution in [0.5, 0.6) is 0 Å². The van der Waals surface area contributed by atoms with Crippen molar-refractivity contribution in [1.29, 1.82) is 0 Å².